The zero-order chi connectivity index (χ0) is 13.3. The number of benzene rings is 1. The van der Waals surface area contributed by atoms with Gasteiger partial charge in [-0.05, 0) is 11.1 Å². The first kappa shape index (κ1) is 15.2. The average Bonchev–Trinajstić information content (AvgIpc) is 2.28. The second kappa shape index (κ2) is 5.42. The highest BCUT2D eigenvalue weighted by molar-refractivity contribution is 7.80. The molecule has 0 saturated carbocycles. The molecule has 0 aliphatic rings. The first-order valence-electron chi connectivity index (χ1n) is 5.71. The summed E-state index contributed by atoms with van der Waals surface area (Å²) < 4.78 is 0. The van der Waals surface area contributed by atoms with Crippen molar-refractivity contribution in [2.75, 3.05) is 11.8 Å². The molecule has 3 heteroatoms. The van der Waals surface area contributed by atoms with E-state index in [0.29, 0.717) is 11.8 Å². The zero-order valence-electron chi connectivity index (χ0n) is 10.8. The number of hydrogen-bond acceptors (Lipinski definition) is 1. The molecule has 1 aromatic carbocycles. The van der Waals surface area contributed by atoms with Crippen molar-refractivity contribution in [1.29, 1.82) is 0 Å². The number of hydrogen-bond donors (Lipinski definition) is 1. The summed E-state index contributed by atoms with van der Waals surface area (Å²) in [4.78, 5) is 1.02. The Morgan fingerprint density at radius 3 is 1.59 bits per heavy atom. The van der Waals surface area contributed by atoms with E-state index in [-0.39, 0.29) is 10.8 Å². The Hall–Kier alpha value is 0.150. The first-order valence-corrected chi connectivity index (χ1v) is 7.23. The highest BCUT2D eigenvalue weighted by Crippen LogP contribution is 2.37. The lowest BCUT2D eigenvalue weighted by molar-refractivity contribution is 0.554. The van der Waals surface area contributed by atoms with Gasteiger partial charge in [0.15, 0.2) is 0 Å². The number of alkyl halides is 2. The lowest BCUT2D eigenvalue weighted by Gasteiger charge is -2.30. The number of rotatable bonds is 4. The number of halogens is 2. The van der Waals surface area contributed by atoms with Gasteiger partial charge in [0.05, 0.1) is 0 Å². The lowest BCUT2D eigenvalue weighted by atomic mass is 9.80. The predicted octanol–water partition coefficient (Wildman–Crippen LogP) is 5.01. The van der Waals surface area contributed by atoms with Crippen LogP contribution in [0.4, 0.5) is 0 Å². The van der Waals surface area contributed by atoms with Crippen LogP contribution in [0.15, 0.2) is 23.1 Å². The molecular weight excluding hydrogens is 271 g/mol. The summed E-state index contributed by atoms with van der Waals surface area (Å²) in [5.74, 6) is 1.15. The van der Waals surface area contributed by atoms with Crippen molar-refractivity contribution in [1.82, 2.24) is 0 Å². The van der Waals surface area contributed by atoms with Gasteiger partial charge in [-0.2, -0.15) is 0 Å². The van der Waals surface area contributed by atoms with E-state index < -0.39 is 0 Å². The van der Waals surface area contributed by atoms with E-state index in [1.807, 2.05) is 0 Å². The standard InChI is InChI=1S/C14H20Cl2S/c1-13(2,8-15)10-6-5-7-11(12(10)17)14(3,4)9-16/h5-7,17H,8-9H2,1-4H3. The molecule has 0 fully saturated rings. The van der Waals surface area contributed by atoms with Gasteiger partial charge in [-0.3, -0.25) is 0 Å². The van der Waals surface area contributed by atoms with E-state index in [2.05, 4.69) is 58.5 Å². The Morgan fingerprint density at radius 2 is 1.29 bits per heavy atom. The Kier molecular flexibility index (Phi) is 4.85. The van der Waals surface area contributed by atoms with Crippen molar-refractivity contribution < 1.29 is 0 Å². The van der Waals surface area contributed by atoms with Crippen LogP contribution in [0.2, 0.25) is 0 Å². The maximum Gasteiger partial charge on any atom is 0.0315 e. The quantitative estimate of drug-likeness (QED) is 0.585. The summed E-state index contributed by atoms with van der Waals surface area (Å²) in [5, 5.41) is 0. The fraction of sp³-hybridized carbons (Fsp3) is 0.571. The third-order valence-electron chi connectivity index (χ3n) is 3.16. The van der Waals surface area contributed by atoms with Gasteiger partial charge in [0.1, 0.15) is 0 Å². The third kappa shape index (κ3) is 3.13. The van der Waals surface area contributed by atoms with Gasteiger partial charge in [0.2, 0.25) is 0 Å². The molecule has 1 aromatic rings. The molecule has 0 unspecified atom stereocenters. The molecule has 0 saturated heterocycles. The van der Waals surface area contributed by atoms with Gasteiger partial charge in [-0.1, -0.05) is 45.9 Å². The third-order valence-corrected chi connectivity index (χ3v) is 4.98. The second-order valence-corrected chi connectivity index (χ2v) is 6.72. The van der Waals surface area contributed by atoms with Gasteiger partial charge >= 0.3 is 0 Å². The van der Waals surface area contributed by atoms with E-state index >= 15 is 0 Å². The average molecular weight is 291 g/mol. The summed E-state index contributed by atoms with van der Waals surface area (Å²) in [6.07, 6.45) is 0. The molecule has 0 amide bonds. The van der Waals surface area contributed by atoms with Gasteiger partial charge < -0.3 is 0 Å². The van der Waals surface area contributed by atoms with Gasteiger partial charge in [0.25, 0.3) is 0 Å². The zero-order valence-corrected chi connectivity index (χ0v) is 13.3. The molecule has 0 heterocycles. The fourth-order valence-electron chi connectivity index (χ4n) is 1.78. The topological polar surface area (TPSA) is 0 Å². The smallest absolute Gasteiger partial charge is 0.0315 e. The second-order valence-electron chi connectivity index (χ2n) is 5.74. The molecule has 0 aliphatic carbocycles. The molecule has 0 radical (unpaired) electrons. The van der Waals surface area contributed by atoms with Crippen LogP contribution in [0, 0.1) is 0 Å². The van der Waals surface area contributed by atoms with Gasteiger partial charge in [-0.15, -0.1) is 35.8 Å². The van der Waals surface area contributed by atoms with Crippen LogP contribution >= 0.6 is 35.8 Å². The molecular formula is C14H20Cl2S. The summed E-state index contributed by atoms with van der Waals surface area (Å²) in [6, 6.07) is 6.25. The molecule has 17 heavy (non-hydrogen) atoms. The summed E-state index contributed by atoms with van der Waals surface area (Å²) >= 11 is 16.8. The summed E-state index contributed by atoms with van der Waals surface area (Å²) in [6.45, 7) is 8.53. The van der Waals surface area contributed by atoms with E-state index in [0.717, 1.165) is 4.90 Å². The fourth-order valence-corrected chi connectivity index (χ4v) is 2.82. The molecule has 0 spiro atoms. The van der Waals surface area contributed by atoms with Crippen molar-refractivity contribution in [3.63, 3.8) is 0 Å². The van der Waals surface area contributed by atoms with Crippen molar-refractivity contribution in [2.45, 2.75) is 43.4 Å². The molecule has 96 valence electrons. The van der Waals surface area contributed by atoms with Crippen LogP contribution in [0.1, 0.15) is 38.8 Å². The van der Waals surface area contributed by atoms with Crippen molar-refractivity contribution >= 4 is 35.8 Å². The minimum atomic E-state index is -0.0724. The Bertz CT molecular complexity index is 363. The Morgan fingerprint density at radius 1 is 0.941 bits per heavy atom. The minimum absolute atomic E-state index is 0.0724. The monoisotopic (exact) mass is 290 g/mol. The van der Waals surface area contributed by atoms with Crippen LogP contribution in [0.3, 0.4) is 0 Å². The van der Waals surface area contributed by atoms with Crippen molar-refractivity contribution in [3.05, 3.63) is 29.3 Å². The SMILES string of the molecule is CC(C)(CCl)c1cccc(C(C)(C)CCl)c1S. The highest BCUT2D eigenvalue weighted by atomic mass is 35.5. The van der Waals surface area contributed by atoms with Crippen molar-refractivity contribution in [2.24, 2.45) is 0 Å². The van der Waals surface area contributed by atoms with Gasteiger partial charge in [-0.25, -0.2) is 0 Å². The maximum atomic E-state index is 6.04. The van der Waals surface area contributed by atoms with Gasteiger partial charge in [0, 0.05) is 27.5 Å². The van der Waals surface area contributed by atoms with Crippen LogP contribution in [-0.2, 0) is 10.8 Å². The molecule has 0 N–H and O–H groups in total. The molecule has 0 aliphatic heterocycles. The lowest BCUT2D eigenvalue weighted by Crippen LogP contribution is -2.24. The maximum absolute atomic E-state index is 6.04. The Balaban J connectivity index is 3.36. The first-order chi connectivity index (χ1) is 7.76. The minimum Gasteiger partial charge on any atom is -0.143 e. The van der Waals surface area contributed by atoms with Crippen LogP contribution in [0.5, 0.6) is 0 Å². The van der Waals surface area contributed by atoms with E-state index in [4.69, 9.17) is 23.2 Å². The molecule has 0 nitrogen and oxygen atoms in total. The highest BCUT2D eigenvalue weighted by Gasteiger charge is 2.27. The van der Waals surface area contributed by atoms with E-state index in [9.17, 15) is 0 Å². The van der Waals surface area contributed by atoms with E-state index in [1.165, 1.54) is 11.1 Å². The van der Waals surface area contributed by atoms with Crippen LogP contribution in [0.25, 0.3) is 0 Å². The van der Waals surface area contributed by atoms with E-state index in [1.54, 1.807) is 0 Å². The molecule has 0 bridgehead atoms. The normalized spacial score (nSPS) is 12.9. The van der Waals surface area contributed by atoms with Crippen molar-refractivity contribution in [3.8, 4) is 0 Å². The summed E-state index contributed by atoms with van der Waals surface area (Å²) in [7, 11) is 0. The number of thiol groups is 1. The molecule has 0 atom stereocenters. The van der Waals surface area contributed by atoms with Crippen LogP contribution < -0.4 is 0 Å². The summed E-state index contributed by atoms with van der Waals surface area (Å²) in [5.41, 5.74) is 2.23. The largest absolute Gasteiger partial charge is 0.143 e. The van der Waals surface area contributed by atoms with Crippen LogP contribution in [-0.4, -0.2) is 11.8 Å². The molecule has 0 aromatic heterocycles. The predicted molar refractivity (Wildman–Crippen MR) is 81.2 cm³/mol. The Labute approximate surface area is 120 Å². The molecule has 1 rings (SSSR count).